The topological polar surface area (TPSA) is 101 Å². The molecule has 0 radical (unpaired) electrons. The fourth-order valence-electron chi connectivity index (χ4n) is 2.55. The molecule has 1 atom stereocenters. The highest BCUT2D eigenvalue weighted by Gasteiger charge is 2.35. The molecule has 3 heterocycles. The summed E-state index contributed by atoms with van der Waals surface area (Å²) in [7, 11) is 0. The van der Waals surface area contributed by atoms with Crippen LogP contribution in [-0.4, -0.2) is 45.8 Å². The van der Waals surface area contributed by atoms with Crippen molar-refractivity contribution in [2.24, 2.45) is 5.73 Å². The number of likely N-dealkylation sites (tertiary alicyclic amines) is 1. The highest BCUT2D eigenvalue weighted by molar-refractivity contribution is 7.13. The van der Waals surface area contributed by atoms with Gasteiger partial charge < -0.3 is 16.0 Å². The van der Waals surface area contributed by atoms with Gasteiger partial charge in [0.1, 0.15) is 11.7 Å². The van der Waals surface area contributed by atoms with Crippen LogP contribution < -0.4 is 11.1 Å². The molecule has 11 heteroatoms. The number of hydrogen-bond acceptors (Lipinski definition) is 7. The number of amides is 2. The summed E-state index contributed by atoms with van der Waals surface area (Å²) in [5, 5.41) is 7.69. The summed E-state index contributed by atoms with van der Waals surface area (Å²) in [5.41, 5.74) is 5.90. The van der Waals surface area contributed by atoms with Crippen LogP contribution in [0, 0.1) is 0 Å². The maximum Gasteiger partial charge on any atom is 0.274 e. The first-order chi connectivity index (χ1) is 11.2. The van der Waals surface area contributed by atoms with E-state index in [1.54, 1.807) is 21.9 Å². The zero-order chi connectivity index (χ0) is 16.2. The van der Waals surface area contributed by atoms with Crippen LogP contribution in [0.5, 0.6) is 0 Å². The molecule has 0 bridgehead atoms. The fraction of sp³-hybridized carbons (Fsp3) is 0.429. The SMILES string of the molecule is Cl.Cl.NCCc1nc(C(=O)N2CCCC2C(=O)Nc2nccs2)cs1. The fourth-order valence-corrected chi connectivity index (χ4v) is 3.87. The standard InChI is InChI=1S/C14H17N5O2S2.2ClH/c15-4-3-11-17-9(8-23-11)13(21)19-6-1-2-10(19)12(20)18-14-16-5-7-22-14;;/h5,7-8,10H,1-4,6,15H2,(H,16,18,20);2*1H. The Hall–Kier alpha value is -1.26. The Morgan fingerprint density at radius 2 is 2.16 bits per heavy atom. The van der Waals surface area contributed by atoms with Gasteiger partial charge in [-0.05, 0) is 19.4 Å². The largest absolute Gasteiger partial charge is 0.330 e. The number of aromatic nitrogens is 2. The van der Waals surface area contributed by atoms with Gasteiger partial charge in [0.05, 0.1) is 5.01 Å². The normalized spacial score (nSPS) is 16.0. The second-order valence-corrected chi connectivity index (χ2v) is 6.99. The molecule has 2 aromatic rings. The molecule has 1 unspecified atom stereocenters. The van der Waals surface area contributed by atoms with E-state index < -0.39 is 6.04 Å². The maximum absolute atomic E-state index is 12.6. The van der Waals surface area contributed by atoms with Crippen molar-refractivity contribution in [1.82, 2.24) is 14.9 Å². The number of halogens is 2. The number of nitrogens with two attached hydrogens (primary N) is 1. The van der Waals surface area contributed by atoms with E-state index >= 15 is 0 Å². The van der Waals surface area contributed by atoms with Crippen LogP contribution in [0.15, 0.2) is 17.0 Å². The highest BCUT2D eigenvalue weighted by atomic mass is 35.5. The highest BCUT2D eigenvalue weighted by Crippen LogP contribution is 2.23. The molecule has 1 aliphatic rings. The molecular formula is C14H19Cl2N5O2S2. The van der Waals surface area contributed by atoms with E-state index in [9.17, 15) is 9.59 Å². The molecule has 25 heavy (non-hydrogen) atoms. The molecule has 0 saturated carbocycles. The van der Waals surface area contributed by atoms with Crippen LogP contribution in [0.25, 0.3) is 0 Å². The molecule has 1 saturated heterocycles. The molecule has 2 amide bonds. The van der Waals surface area contributed by atoms with Gasteiger partial charge in [-0.1, -0.05) is 0 Å². The Morgan fingerprint density at radius 1 is 1.36 bits per heavy atom. The summed E-state index contributed by atoms with van der Waals surface area (Å²) >= 11 is 2.78. The van der Waals surface area contributed by atoms with Gasteiger partial charge in [0, 0.05) is 29.9 Å². The first-order valence-corrected chi connectivity index (χ1v) is 9.10. The zero-order valence-electron chi connectivity index (χ0n) is 13.2. The van der Waals surface area contributed by atoms with E-state index in [0.717, 1.165) is 11.4 Å². The summed E-state index contributed by atoms with van der Waals surface area (Å²) in [6, 6.07) is -0.467. The van der Waals surface area contributed by atoms with Crippen LogP contribution in [0.4, 0.5) is 5.13 Å². The van der Waals surface area contributed by atoms with Crippen molar-refractivity contribution in [2.75, 3.05) is 18.4 Å². The van der Waals surface area contributed by atoms with E-state index in [-0.39, 0.29) is 36.6 Å². The lowest BCUT2D eigenvalue weighted by Gasteiger charge is -2.22. The van der Waals surface area contributed by atoms with Gasteiger partial charge in [-0.3, -0.25) is 9.59 Å². The summed E-state index contributed by atoms with van der Waals surface area (Å²) in [6.45, 7) is 1.07. The predicted molar refractivity (Wildman–Crippen MR) is 104 cm³/mol. The predicted octanol–water partition coefficient (Wildman–Crippen LogP) is 2.19. The summed E-state index contributed by atoms with van der Waals surface area (Å²) in [6.07, 6.45) is 3.75. The Balaban J connectivity index is 0.00000156. The number of nitrogens with zero attached hydrogens (tertiary/aromatic N) is 3. The smallest absolute Gasteiger partial charge is 0.274 e. The molecule has 3 rings (SSSR count). The summed E-state index contributed by atoms with van der Waals surface area (Å²) in [4.78, 5) is 35.0. The number of carbonyl (C=O) groups excluding carboxylic acids is 2. The Morgan fingerprint density at radius 3 is 2.84 bits per heavy atom. The number of nitrogens with one attached hydrogen (secondary N) is 1. The van der Waals surface area contributed by atoms with Gasteiger partial charge in [-0.25, -0.2) is 9.97 Å². The van der Waals surface area contributed by atoms with Gasteiger partial charge >= 0.3 is 0 Å². The molecule has 2 aromatic heterocycles. The van der Waals surface area contributed by atoms with Crippen molar-refractivity contribution >= 4 is 64.4 Å². The molecule has 1 fully saturated rings. The van der Waals surface area contributed by atoms with E-state index in [1.807, 2.05) is 0 Å². The van der Waals surface area contributed by atoms with Crippen molar-refractivity contribution in [2.45, 2.75) is 25.3 Å². The van der Waals surface area contributed by atoms with Crippen LogP contribution in [0.2, 0.25) is 0 Å². The lowest BCUT2D eigenvalue weighted by Crippen LogP contribution is -2.43. The number of anilines is 1. The van der Waals surface area contributed by atoms with Crippen LogP contribution >= 0.6 is 47.5 Å². The quantitative estimate of drug-likeness (QED) is 0.766. The van der Waals surface area contributed by atoms with Crippen molar-refractivity contribution < 1.29 is 9.59 Å². The first kappa shape index (κ1) is 21.8. The van der Waals surface area contributed by atoms with Crippen LogP contribution in [0.3, 0.4) is 0 Å². The Kier molecular flexibility index (Phi) is 8.74. The molecule has 138 valence electrons. The number of hydrogen-bond donors (Lipinski definition) is 2. The lowest BCUT2D eigenvalue weighted by atomic mass is 10.2. The first-order valence-electron chi connectivity index (χ1n) is 7.35. The van der Waals surface area contributed by atoms with Gasteiger partial charge in [0.2, 0.25) is 5.91 Å². The van der Waals surface area contributed by atoms with Crippen LogP contribution in [-0.2, 0) is 11.2 Å². The third-order valence-electron chi connectivity index (χ3n) is 3.61. The summed E-state index contributed by atoms with van der Waals surface area (Å²) in [5.74, 6) is -0.385. The second kappa shape index (κ2) is 10.0. The molecule has 0 aromatic carbocycles. The zero-order valence-corrected chi connectivity index (χ0v) is 16.5. The monoisotopic (exact) mass is 423 g/mol. The van der Waals surface area contributed by atoms with Crippen LogP contribution in [0.1, 0.15) is 28.3 Å². The molecule has 3 N–H and O–H groups in total. The lowest BCUT2D eigenvalue weighted by molar-refractivity contribution is -0.119. The molecule has 1 aliphatic heterocycles. The van der Waals surface area contributed by atoms with Gasteiger partial charge in [0.15, 0.2) is 5.13 Å². The van der Waals surface area contributed by atoms with E-state index in [0.29, 0.717) is 36.8 Å². The second-order valence-electron chi connectivity index (χ2n) is 5.15. The van der Waals surface area contributed by atoms with Crippen molar-refractivity contribution in [3.8, 4) is 0 Å². The molecule has 0 aliphatic carbocycles. The molecule has 0 spiro atoms. The summed E-state index contributed by atoms with van der Waals surface area (Å²) < 4.78 is 0. The Labute approximate surface area is 165 Å². The van der Waals surface area contributed by atoms with Crippen molar-refractivity contribution in [1.29, 1.82) is 0 Å². The number of carbonyl (C=O) groups is 2. The molecular weight excluding hydrogens is 405 g/mol. The average Bonchev–Trinajstić information content (AvgIpc) is 3.28. The van der Waals surface area contributed by atoms with Gasteiger partial charge in [-0.2, -0.15) is 0 Å². The van der Waals surface area contributed by atoms with Crippen molar-refractivity contribution in [3.05, 3.63) is 27.7 Å². The minimum absolute atomic E-state index is 0. The minimum Gasteiger partial charge on any atom is -0.330 e. The van der Waals surface area contributed by atoms with E-state index in [2.05, 4.69) is 15.3 Å². The van der Waals surface area contributed by atoms with Gasteiger partial charge in [-0.15, -0.1) is 47.5 Å². The molecule has 7 nitrogen and oxygen atoms in total. The minimum atomic E-state index is -0.467. The number of thiazole rings is 2. The Bertz CT molecular complexity index is 695. The third-order valence-corrected chi connectivity index (χ3v) is 5.20. The maximum atomic E-state index is 12.6. The number of rotatable bonds is 5. The van der Waals surface area contributed by atoms with Crippen molar-refractivity contribution in [3.63, 3.8) is 0 Å². The van der Waals surface area contributed by atoms with Gasteiger partial charge in [0.25, 0.3) is 5.91 Å². The third kappa shape index (κ3) is 5.11. The average molecular weight is 424 g/mol. The van der Waals surface area contributed by atoms with E-state index in [1.165, 1.54) is 22.7 Å². The van der Waals surface area contributed by atoms with E-state index in [4.69, 9.17) is 5.73 Å².